The molecule has 0 fully saturated rings. The van der Waals surface area contributed by atoms with Gasteiger partial charge in [0.1, 0.15) is 5.76 Å². The Balaban J connectivity index is 1.75. The highest BCUT2D eigenvalue weighted by Gasteiger charge is 2.13. The van der Waals surface area contributed by atoms with Crippen LogP contribution in [0, 0.1) is 0 Å². The molecule has 0 aliphatic carbocycles. The van der Waals surface area contributed by atoms with Gasteiger partial charge >= 0.3 is 0 Å². The molecule has 1 aromatic heterocycles. The fourth-order valence-corrected chi connectivity index (χ4v) is 2.11. The van der Waals surface area contributed by atoms with Crippen LogP contribution in [0.15, 0.2) is 51.6 Å². The summed E-state index contributed by atoms with van der Waals surface area (Å²) >= 11 is 0. The normalized spacial score (nSPS) is 13.6. The number of nitrogens with one attached hydrogen (secondary N) is 1. The first kappa shape index (κ1) is 12.6. The summed E-state index contributed by atoms with van der Waals surface area (Å²) < 4.78 is 5.22. The van der Waals surface area contributed by atoms with E-state index in [4.69, 9.17) is 4.42 Å². The minimum Gasteiger partial charge on any atom is -0.468 e. The predicted molar refractivity (Wildman–Crippen MR) is 76.1 cm³/mol. The van der Waals surface area contributed by atoms with Gasteiger partial charge in [-0.3, -0.25) is 4.79 Å². The first-order valence-electron chi connectivity index (χ1n) is 6.38. The minimum absolute atomic E-state index is 0.193. The smallest absolute Gasteiger partial charge is 0.274 e. The van der Waals surface area contributed by atoms with Gasteiger partial charge in [-0.05, 0) is 35.6 Å². The van der Waals surface area contributed by atoms with Gasteiger partial charge in [0, 0.05) is 17.7 Å². The van der Waals surface area contributed by atoms with Gasteiger partial charge in [-0.15, -0.1) is 0 Å². The molecule has 0 radical (unpaired) electrons. The van der Waals surface area contributed by atoms with Crippen LogP contribution in [0.1, 0.15) is 11.3 Å². The molecule has 4 nitrogen and oxygen atoms in total. The molecule has 0 bridgehead atoms. The second-order valence-corrected chi connectivity index (χ2v) is 4.66. The maximum absolute atomic E-state index is 11.9. The van der Waals surface area contributed by atoms with Crippen LogP contribution in [0.2, 0.25) is 0 Å². The maximum Gasteiger partial charge on any atom is 0.274 e. The standard InChI is InChI=1S/C16H14N2O2/c1-11-4-5-15-12(7-11)8-13(16(19)18-15)9-17-10-14-3-2-6-20-14/h2-8,17H,1,9-10H2. The lowest BCUT2D eigenvalue weighted by atomic mass is 10.1. The van der Waals surface area contributed by atoms with E-state index in [-0.39, 0.29) is 5.91 Å². The second-order valence-electron chi connectivity index (χ2n) is 4.66. The summed E-state index contributed by atoms with van der Waals surface area (Å²) in [7, 11) is 0. The Labute approximate surface area is 116 Å². The minimum atomic E-state index is -0.193. The fourth-order valence-electron chi connectivity index (χ4n) is 2.11. The molecule has 0 atom stereocenters. The molecule has 1 aromatic carbocycles. The van der Waals surface area contributed by atoms with E-state index in [1.54, 1.807) is 6.26 Å². The van der Waals surface area contributed by atoms with E-state index in [1.165, 1.54) is 0 Å². The molecule has 0 saturated heterocycles. The summed E-state index contributed by atoms with van der Waals surface area (Å²) in [6.07, 6.45) is 3.50. The van der Waals surface area contributed by atoms with Crippen LogP contribution in [0.5, 0.6) is 0 Å². The van der Waals surface area contributed by atoms with E-state index in [1.807, 2.05) is 36.4 Å². The molecule has 1 aliphatic rings. The Bertz CT molecular complexity index is 773. The number of benzene rings is 1. The molecule has 1 aliphatic heterocycles. The number of hydrogen-bond acceptors (Lipinski definition) is 3. The number of carbonyl (C=O) groups excluding carboxylic acids is 1. The molecule has 1 N–H and O–H groups in total. The molecule has 0 spiro atoms. The summed E-state index contributed by atoms with van der Waals surface area (Å²) in [6.45, 7) is 4.93. The number of rotatable bonds is 4. The third kappa shape index (κ3) is 2.60. The Morgan fingerprint density at radius 2 is 2.15 bits per heavy atom. The Morgan fingerprint density at radius 1 is 1.25 bits per heavy atom. The van der Waals surface area contributed by atoms with Crippen molar-refractivity contribution in [3.63, 3.8) is 0 Å². The third-order valence-electron chi connectivity index (χ3n) is 3.11. The number of amides is 1. The number of nitrogens with zero attached hydrogens (tertiary/aromatic N) is 1. The molecule has 4 heteroatoms. The van der Waals surface area contributed by atoms with E-state index >= 15 is 0 Å². The predicted octanol–water partition coefficient (Wildman–Crippen LogP) is 1.02. The summed E-state index contributed by atoms with van der Waals surface area (Å²) in [5, 5.41) is 4.79. The Morgan fingerprint density at radius 3 is 2.95 bits per heavy atom. The monoisotopic (exact) mass is 266 g/mol. The molecule has 3 rings (SSSR count). The third-order valence-corrected chi connectivity index (χ3v) is 3.11. The van der Waals surface area contributed by atoms with E-state index in [2.05, 4.69) is 16.9 Å². The molecule has 2 heterocycles. The van der Waals surface area contributed by atoms with Gasteiger partial charge < -0.3 is 9.73 Å². The average Bonchev–Trinajstić information content (AvgIpc) is 2.93. The molecule has 2 aromatic rings. The van der Waals surface area contributed by atoms with Crippen LogP contribution in [-0.4, -0.2) is 12.5 Å². The number of fused-ring (bicyclic) bond motifs is 1. The van der Waals surface area contributed by atoms with Crippen LogP contribution in [0.3, 0.4) is 0 Å². The lowest BCUT2D eigenvalue weighted by Crippen LogP contribution is -2.25. The lowest BCUT2D eigenvalue weighted by molar-refractivity contribution is -0.114. The molecule has 1 amide bonds. The van der Waals surface area contributed by atoms with Crippen LogP contribution < -0.4 is 15.9 Å². The topological polar surface area (TPSA) is 54.6 Å². The highest BCUT2D eigenvalue weighted by Crippen LogP contribution is 2.08. The van der Waals surface area contributed by atoms with Gasteiger partial charge in [0.05, 0.1) is 18.2 Å². The highest BCUT2D eigenvalue weighted by molar-refractivity contribution is 6.00. The van der Waals surface area contributed by atoms with E-state index in [0.717, 1.165) is 16.5 Å². The fraction of sp³-hybridized carbons (Fsp3) is 0.125. The van der Waals surface area contributed by atoms with Gasteiger partial charge in [-0.25, -0.2) is 4.99 Å². The summed E-state index contributed by atoms with van der Waals surface area (Å²) in [5.41, 5.74) is 1.58. The van der Waals surface area contributed by atoms with Crippen molar-refractivity contribution in [1.29, 1.82) is 0 Å². The average molecular weight is 266 g/mol. The highest BCUT2D eigenvalue weighted by atomic mass is 16.3. The van der Waals surface area contributed by atoms with Crippen molar-refractivity contribution in [1.82, 2.24) is 5.32 Å². The lowest BCUT2D eigenvalue weighted by Gasteiger charge is -2.09. The first-order chi connectivity index (χ1) is 9.72. The Hall–Kier alpha value is -2.46. The van der Waals surface area contributed by atoms with E-state index in [9.17, 15) is 4.79 Å². The number of furan rings is 1. The SMILES string of the molecule is C=c1ccc2c(c1)C=C(CNCc1ccco1)C(=O)N=2. The Kier molecular flexibility index (Phi) is 3.31. The van der Waals surface area contributed by atoms with Crippen molar-refractivity contribution >= 4 is 18.6 Å². The summed E-state index contributed by atoms with van der Waals surface area (Å²) in [6, 6.07) is 9.32. The zero-order valence-electron chi connectivity index (χ0n) is 10.9. The number of carbonyl (C=O) groups is 1. The van der Waals surface area contributed by atoms with Gasteiger partial charge in [0.15, 0.2) is 0 Å². The zero-order valence-corrected chi connectivity index (χ0v) is 10.9. The zero-order chi connectivity index (χ0) is 13.9. The van der Waals surface area contributed by atoms with Crippen molar-refractivity contribution in [2.24, 2.45) is 4.99 Å². The van der Waals surface area contributed by atoms with Gasteiger partial charge in [0.25, 0.3) is 5.91 Å². The van der Waals surface area contributed by atoms with Gasteiger partial charge in [-0.1, -0.05) is 12.6 Å². The van der Waals surface area contributed by atoms with Crippen LogP contribution in [0.25, 0.3) is 12.7 Å². The summed E-state index contributed by atoms with van der Waals surface area (Å²) in [5.74, 6) is 0.646. The van der Waals surface area contributed by atoms with Crippen molar-refractivity contribution in [2.45, 2.75) is 6.54 Å². The van der Waals surface area contributed by atoms with E-state index in [0.29, 0.717) is 24.0 Å². The van der Waals surface area contributed by atoms with E-state index < -0.39 is 0 Å². The van der Waals surface area contributed by atoms with Crippen LogP contribution in [-0.2, 0) is 11.3 Å². The number of hydrogen-bond donors (Lipinski definition) is 1. The molecule has 0 unspecified atom stereocenters. The summed E-state index contributed by atoms with van der Waals surface area (Å²) in [4.78, 5) is 16.0. The first-order valence-corrected chi connectivity index (χ1v) is 6.38. The van der Waals surface area contributed by atoms with Gasteiger partial charge in [-0.2, -0.15) is 0 Å². The maximum atomic E-state index is 11.9. The molecule has 0 saturated carbocycles. The molecular weight excluding hydrogens is 252 g/mol. The van der Waals surface area contributed by atoms with Crippen molar-refractivity contribution in [3.05, 3.63) is 64.1 Å². The largest absolute Gasteiger partial charge is 0.468 e. The second kappa shape index (κ2) is 5.27. The van der Waals surface area contributed by atoms with Crippen molar-refractivity contribution < 1.29 is 9.21 Å². The van der Waals surface area contributed by atoms with Crippen molar-refractivity contribution in [2.75, 3.05) is 6.54 Å². The van der Waals surface area contributed by atoms with Crippen LogP contribution in [0.4, 0.5) is 0 Å². The molecule has 100 valence electrons. The van der Waals surface area contributed by atoms with Crippen LogP contribution >= 0.6 is 0 Å². The van der Waals surface area contributed by atoms with Crippen molar-refractivity contribution in [3.8, 4) is 0 Å². The van der Waals surface area contributed by atoms with Gasteiger partial charge in [0.2, 0.25) is 0 Å². The molecule has 20 heavy (non-hydrogen) atoms. The quantitative estimate of drug-likeness (QED) is 0.899. The molecular formula is C16H14N2O2.